The van der Waals surface area contributed by atoms with E-state index in [0.29, 0.717) is 11.3 Å². The van der Waals surface area contributed by atoms with Crippen molar-refractivity contribution in [1.82, 2.24) is 16.0 Å². The summed E-state index contributed by atoms with van der Waals surface area (Å²) in [6, 6.07) is 14.3. The smallest absolute Gasteiger partial charge is 0.258 e. The van der Waals surface area contributed by atoms with Gasteiger partial charge < -0.3 is 20.7 Å². The van der Waals surface area contributed by atoms with Crippen LogP contribution in [0, 0.1) is 13.8 Å². The minimum absolute atomic E-state index is 0.0937. The van der Waals surface area contributed by atoms with Crippen LogP contribution in [0.25, 0.3) is 0 Å². The van der Waals surface area contributed by atoms with E-state index in [4.69, 9.17) is 4.74 Å². The Balaban J connectivity index is 1.57. The molecule has 7 nitrogen and oxygen atoms in total. The molecule has 2 rings (SSSR count). The Kier molecular flexibility index (Phi) is 8.02. The lowest BCUT2D eigenvalue weighted by molar-refractivity contribution is -0.123. The monoisotopic (exact) mass is 383 g/mol. The van der Waals surface area contributed by atoms with Gasteiger partial charge in [0.1, 0.15) is 5.75 Å². The van der Waals surface area contributed by atoms with Crippen LogP contribution in [0.4, 0.5) is 0 Å². The number of ether oxygens (including phenoxy) is 1. The van der Waals surface area contributed by atoms with Crippen molar-refractivity contribution in [2.75, 3.05) is 26.2 Å². The van der Waals surface area contributed by atoms with Crippen LogP contribution in [0.5, 0.6) is 5.75 Å². The summed E-state index contributed by atoms with van der Waals surface area (Å²) in [5, 5.41) is 7.82. The van der Waals surface area contributed by atoms with Gasteiger partial charge in [-0.25, -0.2) is 0 Å². The number of aryl methyl sites for hydroxylation is 2. The van der Waals surface area contributed by atoms with Crippen LogP contribution in [-0.2, 0) is 9.59 Å². The normalized spacial score (nSPS) is 10.1. The maximum absolute atomic E-state index is 11.8. The first kappa shape index (κ1) is 21.0. The van der Waals surface area contributed by atoms with Crippen LogP contribution >= 0.6 is 0 Å². The van der Waals surface area contributed by atoms with Crippen molar-refractivity contribution in [2.45, 2.75) is 13.8 Å². The molecular formula is C21H25N3O4. The summed E-state index contributed by atoms with van der Waals surface area (Å²) < 4.78 is 5.44. The van der Waals surface area contributed by atoms with Crippen molar-refractivity contribution in [1.29, 1.82) is 0 Å². The second kappa shape index (κ2) is 10.7. The SMILES string of the molecule is Cc1ccc(OCC(=O)NCCNC(=O)CNC(=O)c2ccccc2)cc1C. The first-order chi connectivity index (χ1) is 13.5. The predicted octanol–water partition coefficient (Wildman–Crippen LogP) is 1.34. The molecule has 0 heterocycles. The van der Waals surface area contributed by atoms with E-state index in [1.54, 1.807) is 24.3 Å². The Morgan fingerprint density at radius 3 is 2.18 bits per heavy atom. The van der Waals surface area contributed by atoms with E-state index in [9.17, 15) is 14.4 Å². The predicted molar refractivity (Wildman–Crippen MR) is 106 cm³/mol. The number of carbonyl (C=O) groups excluding carboxylic acids is 3. The number of benzene rings is 2. The number of hydrogen-bond acceptors (Lipinski definition) is 4. The van der Waals surface area contributed by atoms with Crippen LogP contribution in [0.1, 0.15) is 21.5 Å². The van der Waals surface area contributed by atoms with Crippen molar-refractivity contribution in [3.05, 3.63) is 65.2 Å². The van der Waals surface area contributed by atoms with Gasteiger partial charge in [-0.15, -0.1) is 0 Å². The molecule has 7 heteroatoms. The summed E-state index contributed by atoms with van der Waals surface area (Å²) in [5.41, 5.74) is 2.75. The third-order valence-corrected chi connectivity index (χ3v) is 4.06. The number of hydrogen-bond donors (Lipinski definition) is 3. The highest BCUT2D eigenvalue weighted by Gasteiger charge is 2.07. The van der Waals surface area contributed by atoms with Gasteiger partial charge in [0, 0.05) is 18.7 Å². The zero-order valence-electron chi connectivity index (χ0n) is 16.1. The van der Waals surface area contributed by atoms with E-state index >= 15 is 0 Å². The summed E-state index contributed by atoms with van der Waals surface area (Å²) in [7, 11) is 0. The summed E-state index contributed by atoms with van der Waals surface area (Å²) >= 11 is 0. The standard InChI is InChI=1S/C21H25N3O4/c1-15-8-9-18(12-16(15)2)28-14-20(26)23-11-10-22-19(25)13-24-21(27)17-6-4-3-5-7-17/h3-9,12H,10-11,13-14H2,1-2H3,(H,22,25)(H,23,26)(H,24,27). The summed E-state index contributed by atoms with van der Waals surface area (Å²) in [4.78, 5) is 35.3. The molecule has 0 saturated carbocycles. The maximum atomic E-state index is 11.8. The van der Waals surface area contributed by atoms with Crippen molar-refractivity contribution in [3.63, 3.8) is 0 Å². The maximum Gasteiger partial charge on any atom is 0.258 e. The molecule has 0 aromatic heterocycles. The van der Waals surface area contributed by atoms with Crippen LogP contribution in [0.15, 0.2) is 48.5 Å². The van der Waals surface area contributed by atoms with Gasteiger partial charge in [-0.2, -0.15) is 0 Å². The molecule has 0 spiro atoms. The molecule has 3 amide bonds. The van der Waals surface area contributed by atoms with Crippen molar-refractivity contribution in [2.24, 2.45) is 0 Å². The lowest BCUT2D eigenvalue weighted by Gasteiger charge is -2.10. The van der Waals surface area contributed by atoms with Crippen LogP contribution in [0.2, 0.25) is 0 Å². The fourth-order valence-electron chi connectivity index (χ4n) is 2.32. The molecule has 148 valence electrons. The quantitative estimate of drug-likeness (QED) is 0.570. The number of nitrogens with one attached hydrogen (secondary N) is 3. The van der Waals surface area contributed by atoms with E-state index in [1.165, 1.54) is 0 Å². The first-order valence-corrected chi connectivity index (χ1v) is 9.02. The molecule has 2 aromatic rings. The van der Waals surface area contributed by atoms with E-state index in [1.807, 2.05) is 38.1 Å². The first-order valence-electron chi connectivity index (χ1n) is 9.02. The lowest BCUT2D eigenvalue weighted by Crippen LogP contribution is -2.41. The highest BCUT2D eigenvalue weighted by atomic mass is 16.5. The molecule has 0 radical (unpaired) electrons. The molecule has 0 atom stereocenters. The molecular weight excluding hydrogens is 358 g/mol. The highest BCUT2D eigenvalue weighted by molar-refractivity contribution is 5.96. The molecule has 0 aliphatic rings. The third-order valence-electron chi connectivity index (χ3n) is 4.06. The number of carbonyl (C=O) groups is 3. The van der Waals surface area contributed by atoms with Gasteiger partial charge in [-0.3, -0.25) is 14.4 Å². The average molecular weight is 383 g/mol. The zero-order chi connectivity index (χ0) is 20.4. The molecule has 0 aliphatic carbocycles. The minimum Gasteiger partial charge on any atom is -0.484 e. The average Bonchev–Trinajstić information content (AvgIpc) is 2.71. The topological polar surface area (TPSA) is 96.5 Å². The fourth-order valence-corrected chi connectivity index (χ4v) is 2.32. The van der Waals surface area contributed by atoms with Crippen LogP contribution in [-0.4, -0.2) is 44.0 Å². The molecule has 2 aromatic carbocycles. The molecule has 0 saturated heterocycles. The van der Waals surface area contributed by atoms with Crippen molar-refractivity contribution < 1.29 is 19.1 Å². The number of amides is 3. The van der Waals surface area contributed by atoms with Gasteiger partial charge in [0.15, 0.2) is 6.61 Å². The van der Waals surface area contributed by atoms with Gasteiger partial charge in [0.2, 0.25) is 5.91 Å². The van der Waals surface area contributed by atoms with Crippen molar-refractivity contribution in [3.8, 4) is 5.75 Å². The summed E-state index contributed by atoms with van der Waals surface area (Å²) in [5.74, 6) is -0.275. The van der Waals surface area contributed by atoms with E-state index in [2.05, 4.69) is 16.0 Å². The molecule has 0 unspecified atom stereocenters. The third kappa shape index (κ3) is 7.11. The Morgan fingerprint density at radius 1 is 0.821 bits per heavy atom. The van der Waals surface area contributed by atoms with Gasteiger partial charge in [-0.1, -0.05) is 24.3 Å². The Hall–Kier alpha value is -3.35. The second-order valence-electron chi connectivity index (χ2n) is 6.28. The summed E-state index contributed by atoms with van der Waals surface area (Å²) in [6.45, 7) is 4.30. The molecule has 28 heavy (non-hydrogen) atoms. The van der Waals surface area contributed by atoms with Crippen LogP contribution < -0.4 is 20.7 Å². The Bertz CT molecular complexity index is 822. The van der Waals surface area contributed by atoms with E-state index in [0.717, 1.165) is 11.1 Å². The highest BCUT2D eigenvalue weighted by Crippen LogP contribution is 2.16. The van der Waals surface area contributed by atoms with Gasteiger partial charge in [0.25, 0.3) is 11.8 Å². The van der Waals surface area contributed by atoms with Gasteiger partial charge in [-0.05, 0) is 49.2 Å². The van der Waals surface area contributed by atoms with Crippen molar-refractivity contribution >= 4 is 17.7 Å². The van der Waals surface area contributed by atoms with Gasteiger partial charge in [0.05, 0.1) is 6.54 Å². The molecule has 0 fully saturated rings. The van der Waals surface area contributed by atoms with Gasteiger partial charge >= 0.3 is 0 Å². The summed E-state index contributed by atoms with van der Waals surface area (Å²) in [6.07, 6.45) is 0. The lowest BCUT2D eigenvalue weighted by atomic mass is 10.1. The fraction of sp³-hybridized carbons (Fsp3) is 0.286. The second-order valence-corrected chi connectivity index (χ2v) is 6.28. The van der Waals surface area contributed by atoms with Crippen LogP contribution in [0.3, 0.4) is 0 Å². The number of rotatable bonds is 9. The molecule has 3 N–H and O–H groups in total. The van der Waals surface area contributed by atoms with E-state index in [-0.39, 0.29) is 44.0 Å². The molecule has 0 aliphatic heterocycles. The Labute approximate surface area is 164 Å². The van der Waals surface area contributed by atoms with E-state index < -0.39 is 0 Å². The molecule has 0 bridgehead atoms. The largest absolute Gasteiger partial charge is 0.484 e. The zero-order valence-corrected chi connectivity index (χ0v) is 16.1. The Morgan fingerprint density at radius 2 is 1.50 bits per heavy atom. The minimum atomic E-state index is -0.329.